The predicted molar refractivity (Wildman–Crippen MR) is 104 cm³/mol. The number of halogens is 3. The fourth-order valence-electron chi connectivity index (χ4n) is 2.91. The summed E-state index contributed by atoms with van der Waals surface area (Å²) in [4.78, 5) is 28.4. The molecule has 1 saturated heterocycles. The minimum Gasteiger partial charge on any atom is -0.336 e. The van der Waals surface area contributed by atoms with Crippen molar-refractivity contribution in [1.82, 2.24) is 9.80 Å². The zero-order chi connectivity index (χ0) is 19.4. The SMILES string of the molecule is O=C(CN1CCN(C(=O)c2ccc(Cl)cc2Cl)CC1)Nc1cccc(F)c1. The van der Waals surface area contributed by atoms with Crippen LogP contribution in [0.2, 0.25) is 10.0 Å². The summed E-state index contributed by atoms with van der Waals surface area (Å²) in [5, 5.41) is 3.47. The zero-order valence-corrected chi connectivity index (χ0v) is 15.9. The number of anilines is 1. The van der Waals surface area contributed by atoms with E-state index in [1.165, 1.54) is 18.2 Å². The van der Waals surface area contributed by atoms with Crippen LogP contribution in [0.3, 0.4) is 0 Å². The molecule has 5 nitrogen and oxygen atoms in total. The Morgan fingerprint density at radius 2 is 1.78 bits per heavy atom. The van der Waals surface area contributed by atoms with Crippen molar-refractivity contribution in [2.24, 2.45) is 0 Å². The van der Waals surface area contributed by atoms with Gasteiger partial charge >= 0.3 is 0 Å². The van der Waals surface area contributed by atoms with Crippen LogP contribution in [0, 0.1) is 5.82 Å². The standard InChI is InChI=1S/C19H18Cl2FN3O2/c20-13-4-5-16(17(21)10-13)19(27)25-8-6-24(7-9-25)12-18(26)23-15-3-1-2-14(22)11-15/h1-5,10-11H,6-9,12H2,(H,23,26). The second-order valence-electron chi connectivity index (χ2n) is 6.25. The second kappa shape index (κ2) is 8.69. The minimum atomic E-state index is -0.402. The van der Waals surface area contributed by atoms with Gasteiger partial charge in [0, 0.05) is 36.9 Å². The van der Waals surface area contributed by atoms with Crippen LogP contribution in [0.1, 0.15) is 10.4 Å². The summed E-state index contributed by atoms with van der Waals surface area (Å²) in [6.07, 6.45) is 0. The van der Waals surface area contributed by atoms with E-state index in [1.807, 2.05) is 4.90 Å². The van der Waals surface area contributed by atoms with Crippen LogP contribution < -0.4 is 5.32 Å². The summed E-state index contributed by atoms with van der Waals surface area (Å²) in [5.41, 5.74) is 0.838. The van der Waals surface area contributed by atoms with Gasteiger partial charge in [-0.2, -0.15) is 0 Å². The monoisotopic (exact) mass is 409 g/mol. The van der Waals surface area contributed by atoms with Crippen LogP contribution in [0.4, 0.5) is 10.1 Å². The number of piperazine rings is 1. The molecule has 142 valence electrons. The highest BCUT2D eigenvalue weighted by molar-refractivity contribution is 6.36. The lowest BCUT2D eigenvalue weighted by Gasteiger charge is -2.34. The van der Waals surface area contributed by atoms with Gasteiger partial charge in [-0.05, 0) is 36.4 Å². The molecule has 0 aliphatic carbocycles. The number of hydrogen-bond acceptors (Lipinski definition) is 3. The normalized spacial score (nSPS) is 14.9. The first-order valence-electron chi connectivity index (χ1n) is 8.44. The number of carbonyl (C=O) groups is 2. The molecule has 0 aromatic heterocycles. The Morgan fingerprint density at radius 1 is 1.04 bits per heavy atom. The maximum absolute atomic E-state index is 13.2. The van der Waals surface area contributed by atoms with E-state index in [2.05, 4.69) is 5.32 Å². The molecule has 0 unspecified atom stereocenters. The van der Waals surface area contributed by atoms with Gasteiger partial charge in [0.2, 0.25) is 5.91 Å². The zero-order valence-electron chi connectivity index (χ0n) is 14.4. The highest BCUT2D eigenvalue weighted by Crippen LogP contribution is 2.22. The van der Waals surface area contributed by atoms with Gasteiger partial charge in [0.25, 0.3) is 5.91 Å². The minimum absolute atomic E-state index is 0.152. The van der Waals surface area contributed by atoms with Gasteiger partial charge in [-0.25, -0.2) is 4.39 Å². The van der Waals surface area contributed by atoms with Crippen molar-refractivity contribution in [3.8, 4) is 0 Å². The van der Waals surface area contributed by atoms with Crippen molar-refractivity contribution in [3.05, 3.63) is 63.9 Å². The molecule has 3 rings (SSSR count). The van der Waals surface area contributed by atoms with Crippen molar-refractivity contribution < 1.29 is 14.0 Å². The van der Waals surface area contributed by atoms with E-state index in [9.17, 15) is 14.0 Å². The second-order valence-corrected chi connectivity index (χ2v) is 7.09. The van der Waals surface area contributed by atoms with Gasteiger partial charge in [-0.3, -0.25) is 14.5 Å². The molecule has 27 heavy (non-hydrogen) atoms. The molecule has 1 fully saturated rings. The van der Waals surface area contributed by atoms with Crippen molar-refractivity contribution >= 4 is 40.7 Å². The molecule has 0 bridgehead atoms. The van der Waals surface area contributed by atoms with Crippen LogP contribution in [0.25, 0.3) is 0 Å². The first-order valence-corrected chi connectivity index (χ1v) is 9.20. The molecule has 2 aromatic rings. The van der Waals surface area contributed by atoms with Gasteiger partial charge in [0.05, 0.1) is 17.1 Å². The van der Waals surface area contributed by atoms with Crippen LogP contribution in [-0.2, 0) is 4.79 Å². The third-order valence-electron chi connectivity index (χ3n) is 4.30. The Hall–Kier alpha value is -2.15. The average Bonchev–Trinajstić information content (AvgIpc) is 2.62. The Labute approximate surface area is 166 Å². The number of nitrogens with one attached hydrogen (secondary N) is 1. The third-order valence-corrected chi connectivity index (χ3v) is 4.84. The lowest BCUT2D eigenvalue weighted by Crippen LogP contribution is -2.50. The summed E-state index contributed by atoms with van der Waals surface area (Å²) < 4.78 is 13.2. The molecule has 0 atom stereocenters. The quantitative estimate of drug-likeness (QED) is 0.839. The molecule has 1 heterocycles. The van der Waals surface area contributed by atoms with Crippen molar-refractivity contribution in [2.45, 2.75) is 0 Å². The maximum atomic E-state index is 13.2. The van der Waals surface area contributed by atoms with Crippen molar-refractivity contribution in [3.63, 3.8) is 0 Å². The maximum Gasteiger partial charge on any atom is 0.255 e. The van der Waals surface area contributed by atoms with Crippen LogP contribution in [0.5, 0.6) is 0 Å². The molecule has 8 heteroatoms. The average molecular weight is 410 g/mol. The molecule has 0 radical (unpaired) electrons. The van der Waals surface area contributed by atoms with E-state index >= 15 is 0 Å². The Balaban J connectivity index is 1.51. The van der Waals surface area contributed by atoms with Crippen molar-refractivity contribution in [1.29, 1.82) is 0 Å². The Kier molecular flexibility index (Phi) is 6.31. The number of nitrogens with zero attached hydrogens (tertiary/aromatic N) is 2. The van der Waals surface area contributed by atoms with E-state index in [1.54, 1.807) is 29.2 Å². The number of hydrogen-bond donors (Lipinski definition) is 1. The van der Waals surface area contributed by atoms with Crippen LogP contribution in [-0.4, -0.2) is 54.3 Å². The number of carbonyl (C=O) groups excluding carboxylic acids is 2. The first kappa shape index (κ1) is 19.6. The lowest BCUT2D eigenvalue weighted by molar-refractivity contribution is -0.117. The van der Waals surface area contributed by atoms with Gasteiger partial charge in [0.15, 0.2) is 0 Å². The molecular weight excluding hydrogens is 392 g/mol. The van der Waals surface area contributed by atoms with E-state index < -0.39 is 5.82 Å². The Bertz CT molecular complexity index is 855. The van der Waals surface area contributed by atoms with Gasteiger partial charge in [-0.1, -0.05) is 29.3 Å². The van der Waals surface area contributed by atoms with Gasteiger partial charge in [-0.15, -0.1) is 0 Å². The number of rotatable bonds is 4. The molecule has 1 N–H and O–H groups in total. The first-order chi connectivity index (χ1) is 12.9. The van der Waals surface area contributed by atoms with E-state index in [0.29, 0.717) is 47.5 Å². The Morgan fingerprint density at radius 3 is 2.44 bits per heavy atom. The van der Waals surface area contributed by atoms with E-state index in [0.717, 1.165) is 0 Å². The topological polar surface area (TPSA) is 52.7 Å². The molecule has 2 amide bonds. The van der Waals surface area contributed by atoms with Crippen LogP contribution >= 0.6 is 23.2 Å². The summed E-state index contributed by atoms with van der Waals surface area (Å²) in [7, 11) is 0. The fourth-order valence-corrected chi connectivity index (χ4v) is 3.40. The van der Waals surface area contributed by atoms with Crippen molar-refractivity contribution in [2.75, 3.05) is 38.0 Å². The molecule has 1 aliphatic heterocycles. The fraction of sp³-hybridized carbons (Fsp3) is 0.263. The third kappa shape index (κ3) is 5.19. The smallest absolute Gasteiger partial charge is 0.255 e. The molecule has 2 aromatic carbocycles. The highest BCUT2D eigenvalue weighted by Gasteiger charge is 2.24. The van der Waals surface area contributed by atoms with E-state index in [4.69, 9.17) is 23.2 Å². The van der Waals surface area contributed by atoms with Crippen LogP contribution in [0.15, 0.2) is 42.5 Å². The van der Waals surface area contributed by atoms with Gasteiger partial charge < -0.3 is 10.2 Å². The number of amides is 2. The molecule has 1 aliphatic rings. The summed E-state index contributed by atoms with van der Waals surface area (Å²) in [6.45, 7) is 2.29. The highest BCUT2D eigenvalue weighted by atomic mass is 35.5. The summed E-state index contributed by atoms with van der Waals surface area (Å²) >= 11 is 12.0. The molecule has 0 saturated carbocycles. The predicted octanol–water partition coefficient (Wildman–Crippen LogP) is 3.53. The number of benzene rings is 2. The summed E-state index contributed by atoms with van der Waals surface area (Å²) in [6, 6.07) is 10.6. The molecule has 0 spiro atoms. The molecular formula is C19H18Cl2FN3O2. The van der Waals surface area contributed by atoms with E-state index in [-0.39, 0.29) is 18.4 Å². The largest absolute Gasteiger partial charge is 0.336 e. The summed E-state index contributed by atoms with van der Waals surface area (Å²) in [5.74, 6) is -0.776. The van der Waals surface area contributed by atoms with Gasteiger partial charge in [0.1, 0.15) is 5.82 Å². The lowest BCUT2D eigenvalue weighted by atomic mass is 10.1.